The van der Waals surface area contributed by atoms with Crippen LogP contribution in [0.3, 0.4) is 0 Å². The molecule has 0 rings (SSSR count). The zero-order valence-electron chi connectivity index (χ0n) is 7.50. The van der Waals surface area contributed by atoms with Crippen LogP contribution in [0.25, 0.3) is 0 Å². The fraction of sp³-hybridized carbons (Fsp3) is 1.00. The van der Waals surface area contributed by atoms with Crippen LogP contribution in [0.1, 0.15) is 0 Å². The SMILES string of the molecule is C[Si][Si](C)C.[CH3][Sn]([CH3])[CH3]. The molecule has 0 aliphatic carbocycles. The van der Waals surface area contributed by atoms with Crippen molar-refractivity contribution < 1.29 is 0 Å². The standard InChI is InChI=1S/C3H9Si2.3CH3.Sn/c1-4-5(2)3;;;;/h1-3H3;3*1H3;. The van der Waals surface area contributed by atoms with Gasteiger partial charge in [-0.25, -0.2) is 0 Å². The second-order valence-electron chi connectivity index (χ2n) is 2.75. The average molecular weight is 265 g/mol. The molecule has 0 N–H and O–H groups in total. The first-order chi connectivity index (χ1) is 4.00. The molecule has 54 valence electrons. The maximum atomic E-state index is 2.36. The summed E-state index contributed by atoms with van der Waals surface area (Å²) in [7, 11) is 1.37. The second kappa shape index (κ2) is 9.23. The van der Waals surface area contributed by atoms with E-state index in [4.69, 9.17) is 0 Å². The van der Waals surface area contributed by atoms with Crippen LogP contribution < -0.4 is 0 Å². The van der Waals surface area contributed by atoms with Crippen molar-refractivity contribution in [1.82, 2.24) is 0 Å². The van der Waals surface area contributed by atoms with E-state index in [0.717, 1.165) is 0 Å². The quantitative estimate of drug-likeness (QED) is 0.638. The molecule has 0 saturated heterocycles. The van der Waals surface area contributed by atoms with E-state index in [1.807, 2.05) is 0 Å². The molecule has 0 fully saturated rings. The van der Waals surface area contributed by atoms with Gasteiger partial charge in [0.15, 0.2) is 0 Å². The first kappa shape index (κ1) is 12.9. The summed E-state index contributed by atoms with van der Waals surface area (Å²) in [5.74, 6) is 0. The summed E-state index contributed by atoms with van der Waals surface area (Å²) in [6.45, 7) is 6.94. The van der Waals surface area contributed by atoms with Crippen molar-refractivity contribution in [3.63, 3.8) is 0 Å². The summed E-state index contributed by atoms with van der Waals surface area (Å²) in [6.07, 6.45) is 0. The second-order valence-corrected chi connectivity index (χ2v) is 18.3. The molecule has 0 spiro atoms. The Bertz CT molecular complexity index is 43.6. The van der Waals surface area contributed by atoms with E-state index >= 15 is 0 Å². The summed E-state index contributed by atoms with van der Waals surface area (Å²) in [6, 6.07) is 0. The van der Waals surface area contributed by atoms with Crippen molar-refractivity contribution in [2.24, 2.45) is 0 Å². The van der Waals surface area contributed by atoms with Gasteiger partial charge in [0.2, 0.25) is 0 Å². The van der Waals surface area contributed by atoms with Gasteiger partial charge in [-0.1, -0.05) is 19.6 Å². The van der Waals surface area contributed by atoms with Gasteiger partial charge in [0.05, 0.1) is 0 Å². The van der Waals surface area contributed by atoms with Crippen LogP contribution >= 0.6 is 0 Å². The molecule has 0 aliphatic rings. The van der Waals surface area contributed by atoms with Crippen LogP contribution in [-0.4, -0.2) is 37.1 Å². The Hall–Kier alpha value is 1.23. The fourth-order valence-electron chi connectivity index (χ4n) is 0. The Morgan fingerprint density at radius 2 is 1.22 bits per heavy atom. The molecule has 0 aromatic carbocycles. The minimum atomic E-state index is -0.543. The van der Waals surface area contributed by atoms with Crippen LogP contribution in [0, 0.1) is 0 Å². The molecule has 0 atom stereocenters. The molecule has 0 saturated carbocycles. The summed E-state index contributed by atoms with van der Waals surface area (Å²) in [5, 5.41) is 0. The molecule has 0 amide bonds. The molecule has 0 aromatic rings. The van der Waals surface area contributed by atoms with E-state index in [9.17, 15) is 0 Å². The van der Waals surface area contributed by atoms with Crippen molar-refractivity contribution in [1.29, 1.82) is 0 Å². The van der Waals surface area contributed by atoms with Gasteiger partial charge in [-0.2, -0.15) is 0 Å². The number of hydrogen-bond donors (Lipinski definition) is 0. The van der Waals surface area contributed by atoms with Gasteiger partial charge in [-0.3, -0.25) is 0 Å². The summed E-state index contributed by atoms with van der Waals surface area (Å²) in [5.41, 5.74) is 0. The molecule has 0 aromatic heterocycles. The van der Waals surface area contributed by atoms with Gasteiger partial charge >= 0.3 is 34.6 Å². The van der Waals surface area contributed by atoms with E-state index < -0.39 is 19.8 Å². The first-order valence-electron chi connectivity index (χ1n) is 3.25. The molecule has 9 heavy (non-hydrogen) atoms. The predicted molar refractivity (Wildman–Crippen MR) is 52.4 cm³/mol. The zero-order valence-corrected chi connectivity index (χ0v) is 12.4. The Balaban J connectivity index is 0. The van der Waals surface area contributed by atoms with Crippen molar-refractivity contribution in [2.75, 3.05) is 0 Å². The molecule has 0 bridgehead atoms. The van der Waals surface area contributed by atoms with Gasteiger partial charge in [-0.15, -0.1) is 0 Å². The third kappa shape index (κ3) is 46.2. The molecule has 0 nitrogen and oxygen atoms in total. The minimum absolute atomic E-state index is 0.154. The molecule has 3 heteroatoms. The van der Waals surface area contributed by atoms with E-state index in [1.165, 1.54) is 9.04 Å². The van der Waals surface area contributed by atoms with Crippen molar-refractivity contribution in [2.45, 2.75) is 34.5 Å². The van der Waals surface area contributed by atoms with E-state index in [-0.39, 0.29) is 8.31 Å². The van der Waals surface area contributed by atoms with Gasteiger partial charge < -0.3 is 0 Å². The van der Waals surface area contributed by atoms with E-state index in [2.05, 4.69) is 34.5 Å². The molecule has 0 heterocycles. The third-order valence-corrected chi connectivity index (χ3v) is 4.50. The van der Waals surface area contributed by atoms with E-state index in [0.29, 0.717) is 0 Å². The Morgan fingerprint density at radius 3 is 1.22 bits per heavy atom. The Labute approximate surface area is 71.4 Å². The first-order valence-corrected chi connectivity index (χ1v) is 16.8. The van der Waals surface area contributed by atoms with Crippen LogP contribution in [0.2, 0.25) is 34.5 Å². The number of rotatable bonds is 1. The maximum absolute atomic E-state index is 2.36. The molecule has 0 aliphatic heterocycles. The summed E-state index contributed by atoms with van der Waals surface area (Å²) < 4.78 is 0. The Morgan fingerprint density at radius 1 is 1.11 bits per heavy atom. The van der Waals surface area contributed by atoms with Crippen LogP contribution in [0.15, 0.2) is 0 Å². The van der Waals surface area contributed by atoms with Crippen molar-refractivity contribution >= 4 is 37.1 Å². The van der Waals surface area contributed by atoms with Gasteiger partial charge in [0.1, 0.15) is 0 Å². The normalized spacial score (nSPS) is 9.33. The van der Waals surface area contributed by atoms with Crippen LogP contribution in [0.5, 0.6) is 0 Å². The van der Waals surface area contributed by atoms with Gasteiger partial charge in [-0.05, 0) is 0 Å². The molecule has 4 radical (unpaired) electrons. The summed E-state index contributed by atoms with van der Waals surface area (Å²) >= 11 is -0.543. The van der Waals surface area contributed by atoms with E-state index in [1.54, 1.807) is 0 Å². The van der Waals surface area contributed by atoms with Crippen molar-refractivity contribution in [3.05, 3.63) is 0 Å². The monoisotopic (exact) mass is 266 g/mol. The fourth-order valence-corrected chi connectivity index (χ4v) is 0. The Kier molecular flexibility index (Phi) is 13.2. The van der Waals surface area contributed by atoms with Gasteiger partial charge in [0.25, 0.3) is 0 Å². The van der Waals surface area contributed by atoms with Crippen molar-refractivity contribution in [3.8, 4) is 0 Å². The zero-order chi connectivity index (χ0) is 7.86. The topological polar surface area (TPSA) is 0 Å². The summed E-state index contributed by atoms with van der Waals surface area (Å²) in [4.78, 5) is 7.09. The predicted octanol–water partition coefficient (Wildman–Crippen LogP) is 2.36. The van der Waals surface area contributed by atoms with Crippen LogP contribution in [0.4, 0.5) is 0 Å². The van der Waals surface area contributed by atoms with Gasteiger partial charge in [0, 0.05) is 17.4 Å². The molecule has 0 unspecified atom stereocenters. The van der Waals surface area contributed by atoms with Crippen LogP contribution in [-0.2, 0) is 0 Å². The average Bonchev–Trinajstić information content (AvgIpc) is 1.65. The number of hydrogen-bond acceptors (Lipinski definition) is 0. The molecular formula is C6H18Si2Sn. The third-order valence-electron chi connectivity index (χ3n) is 0.500. The molecular weight excluding hydrogens is 247 g/mol.